The average molecular weight is 311 g/mol. The predicted molar refractivity (Wildman–Crippen MR) is 89.6 cm³/mol. The van der Waals surface area contributed by atoms with Crippen LogP contribution in [0.3, 0.4) is 0 Å². The zero-order valence-electron chi connectivity index (χ0n) is 13.0. The van der Waals surface area contributed by atoms with Gasteiger partial charge in [-0.1, -0.05) is 50.6 Å². The van der Waals surface area contributed by atoms with Gasteiger partial charge in [0.1, 0.15) is 0 Å². The van der Waals surface area contributed by atoms with Crippen LogP contribution in [-0.2, 0) is 11.2 Å². The zero-order valence-corrected chi connectivity index (χ0v) is 13.9. The third-order valence-electron chi connectivity index (χ3n) is 4.75. The Labute approximate surface area is 134 Å². The molecule has 0 radical (unpaired) electrons. The van der Waals surface area contributed by atoms with Crippen LogP contribution in [0.1, 0.15) is 38.7 Å². The van der Waals surface area contributed by atoms with Crippen molar-refractivity contribution in [2.75, 3.05) is 13.1 Å². The molecule has 1 amide bonds. The Hall–Kier alpha value is -1.06. The van der Waals surface area contributed by atoms with Crippen molar-refractivity contribution in [2.45, 2.75) is 45.6 Å². The van der Waals surface area contributed by atoms with Crippen LogP contribution in [0.25, 0.3) is 0 Å². The summed E-state index contributed by atoms with van der Waals surface area (Å²) in [5.41, 5.74) is 7.62. The smallest absolute Gasteiger partial charge is 0.239 e. The van der Waals surface area contributed by atoms with Crippen LogP contribution in [0.5, 0.6) is 0 Å². The lowest BCUT2D eigenvalue weighted by molar-refractivity contribution is -0.134. The van der Waals surface area contributed by atoms with Crippen LogP contribution < -0.4 is 5.73 Å². The Kier molecular flexibility index (Phi) is 6.69. The van der Waals surface area contributed by atoms with E-state index in [-0.39, 0.29) is 18.3 Å². The average Bonchev–Trinajstić information content (AvgIpc) is 2.48. The highest BCUT2D eigenvalue weighted by molar-refractivity contribution is 5.85. The second-order valence-electron chi connectivity index (χ2n) is 6.29. The predicted octanol–water partition coefficient (Wildman–Crippen LogP) is 3.02. The maximum Gasteiger partial charge on any atom is 0.239 e. The van der Waals surface area contributed by atoms with Crippen LogP contribution in [0.15, 0.2) is 30.3 Å². The number of carbonyl (C=O) groups excluding carboxylic acids is 1. The van der Waals surface area contributed by atoms with E-state index in [1.165, 1.54) is 6.42 Å². The molecule has 1 aromatic carbocycles. The molecule has 4 heteroatoms. The van der Waals surface area contributed by atoms with Gasteiger partial charge in [-0.3, -0.25) is 4.79 Å². The SMILES string of the molecule is CCC1(C)CCN(C(=O)C(N)Cc2ccccc2)CC1.Cl. The van der Waals surface area contributed by atoms with E-state index in [4.69, 9.17) is 5.73 Å². The second kappa shape index (κ2) is 7.81. The Bertz CT molecular complexity index is 441. The fraction of sp³-hybridized carbons (Fsp3) is 0.588. The maximum atomic E-state index is 12.4. The molecule has 0 saturated carbocycles. The minimum Gasteiger partial charge on any atom is -0.341 e. The van der Waals surface area contributed by atoms with E-state index in [1.807, 2.05) is 35.2 Å². The molecule has 1 fully saturated rings. The van der Waals surface area contributed by atoms with Crippen molar-refractivity contribution in [3.8, 4) is 0 Å². The largest absolute Gasteiger partial charge is 0.341 e. The first-order valence-corrected chi connectivity index (χ1v) is 7.62. The van der Waals surface area contributed by atoms with Crippen LogP contribution >= 0.6 is 12.4 Å². The maximum absolute atomic E-state index is 12.4. The number of amides is 1. The Morgan fingerprint density at radius 1 is 1.29 bits per heavy atom. The number of nitrogens with two attached hydrogens (primary N) is 1. The van der Waals surface area contributed by atoms with E-state index < -0.39 is 6.04 Å². The number of carbonyl (C=O) groups is 1. The standard InChI is InChI=1S/C17H26N2O.ClH/c1-3-17(2)9-11-19(12-10-17)16(20)15(18)13-14-7-5-4-6-8-14;/h4-8,15H,3,9-13,18H2,1-2H3;1H. The number of benzene rings is 1. The topological polar surface area (TPSA) is 46.3 Å². The van der Waals surface area contributed by atoms with Crippen molar-refractivity contribution in [3.63, 3.8) is 0 Å². The Morgan fingerprint density at radius 3 is 2.38 bits per heavy atom. The highest BCUT2D eigenvalue weighted by atomic mass is 35.5. The fourth-order valence-electron chi connectivity index (χ4n) is 2.81. The van der Waals surface area contributed by atoms with Gasteiger partial charge in [0, 0.05) is 13.1 Å². The van der Waals surface area contributed by atoms with Crippen LogP contribution in [0.4, 0.5) is 0 Å². The van der Waals surface area contributed by atoms with Crippen LogP contribution in [0, 0.1) is 5.41 Å². The third-order valence-corrected chi connectivity index (χ3v) is 4.75. The number of hydrogen-bond donors (Lipinski definition) is 1. The zero-order chi connectivity index (χ0) is 14.6. The van der Waals surface area contributed by atoms with Crippen molar-refractivity contribution >= 4 is 18.3 Å². The Morgan fingerprint density at radius 2 is 1.86 bits per heavy atom. The highest BCUT2D eigenvalue weighted by Crippen LogP contribution is 2.34. The summed E-state index contributed by atoms with van der Waals surface area (Å²) < 4.78 is 0. The summed E-state index contributed by atoms with van der Waals surface area (Å²) in [7, 11) is 0. The van der Waals surface area contributed by atoms with Crippen molar-refractivity contribution in [3.05, 3.63) is 35.9 Å². The number of rotatable bonds is 4. The quantitative estimate of drug-likeness (QED) is 0.929. The first-order valence-electron chi connectivity index (χ1n) is 7.62. The van der Waals surface area contributed by atoms with Gasteiger partial charge >= 0.3 is 0 Å². The molecule has 2 rings (SSSR count). The van der Waals surface area contributed by atoms with E-state index in [2.05, 4.69) is 13.8 Å². The Balaban J connectivity index is 0.00000220. The number of piperidine rings is 1. The van der Waals surface area contributed by atoms with Crippen LogP contribution in [0.2, 0.25) is 0 Å². The van der Waals surface area contributed by atoms with Gasteiger partial charge in [-0.05, 0) is 30.2 Å². The van der Waals surface area contributed by atoms with E-state index in [9.17, 15) is 4.79 Å². The molecular formula is C17H27ClN2O. The highest BCUT2D eigenvalue weighted by Gasteiger charge is 2.31. The summed E-state index contributed by atoms with van der Waals surface area (Å²) in [4.78, 5) is 14.4. The van der Waals surface area contributed by atoms with E-state index in [0.717, 1.165) is 31.5 Å². The monoisotopic (exact) mass is 310 g/mol. The minimum absolute atomic E-state index is 0. The van der Waals surface area contributed by atoms with Gasteiger partial charge < -0.3 is 10.6 Å². The van der Waals surface area contributed by atoms with Crippen molar-refractivity contribution < 1.29 is 4.79 Å². The summed E-state index contributed by atoms with van der Waals surface area (Å²) in [6, 6.07) is 9.59. The molecule has 0 aromatic heterocycles. The third kappa shape index (κ3) is 4.72. The van der Waals surface area contributed by atoms with Gasteiger partial charge in [0.2, 0.25) is 5.91 Å². The van der Waals surface area contributed by atoms with Gasteiger partial charge in [0.05, 0.1) is 6.04 Å². The molecule has 1 aliphatic rings. The van der Waals surface area contributed by atoms with Gasteiger partial charge in [-0.2, -0.15) is 0 Å². The molecule has 2 N–H and O–H groups in total. The molecule has 1 unspecified atom stereocenters. The fourth-order valence-corrected chi connectivity index (χ4v) is 2.81. The normalized spacial score (nSPS) is 18.7. The van der Waals surface area contributed by atoms with Crippen molar-refractivity contribution in [2.24, 2.45) is 11.1 Å². The number of nitrogens with zero attached hydrogens (tertiary/aromatic N) is 1. The first-order chi connectivity index (χ1) is 9.54. The molecule has 0 spiro atoms. The molecule has 1 aromatic rings. The first kappa shape index (κ1) is 18.0. The molecule has 0 bridgehead atoms. The molecule has 3 nitrogen and oxygen atoms in total. The van der Waals surface area contributed by atoms with Gasteiger partial charge in [-0.15, -0.1) is 12.4 Å². The molecule has 21 heavy (non-hydrogen) atoms. The lowest BCUT2D eigenvalue weighted by atomic mass is 9.78. The summed E-state index contributed by atoms with van der Waals surface area (Å²) in [5, 5.41) is 0. The lowest BCUT2D eigenvalue weighted by Crippen LogP contribution is -2.49. The minimum atomic E-state index is -0.414. The number of halogens is 1. The summed E-state index contributed by atoms with van der Waals surface area (Å²) in [6.45, 7) is 6.26. The number of hydrogen-bond acceptors (Lipinski definition) is 2. The molecule has 0 aliphatic carbocycles. The summed E-state index contributed by atoms with van der Waals surface area (Å²) >= 11 is 0. The van der Waals surface area contributed by atoms with Crippen LogP contribution in [-0.4, -0.2) is 29.9 Å². The molecule has 1 heterocycles. The van der Waals surface area contributed by atoms with E-state index in [1.54, 1.807) is 0 Å². The number of likely N-dealkylation sites (tertiary alicyclic amines) is 1. The van der Waals surface area contributed by atoms with Gasteiger partial charge in [0.25, 0.3) is 0 Å². The van der Waals surface area contributed by atoms with E-state index in [0.29, 0.717) is 11.8 Å². The van der Waals surface area contributed by atoms with Crippen molar-refractivity contribution in [1.82, 2.24) is 4.90 Å². The summed E-state index contributed by atoms with van der Waals surface area (Å²) in [5.74, 6) is 0.104. The van der Waals surface area contributed by atoms with E-state index >= 15 is 0 Å². The molecule has 1 atom stereocenters. The lowest BCUT2D eigenvalue weighted by Gasteiger charge is -2.39. The van der Waals surface area contributed by atoms with Gasteiger partial charge in [0.15, 0.2) is 0 Å². The van der Waals surface area contributed by atoms with Crippen molar-refractivity contribution in [1.29, 1.82) is 0 Å². The molecule has 1 aliphatic heterocycles. The summed E-state index contributed by atoms with van der Waals surface area (Å²) in [6.07, 6.45) is 3.99. The molecular weight excluding hydrogens is 284 g/mol. The second-order valence-corrected chi connectivity index (χ2v) is 6.29. The van der Waals surface area contributed by atoms with Gasteiger partial charge in [-0.25, -0.2) is 0 Å². The molecule has 118 valence electrons. The molecule has 1 saturated heterocycles.